The molecule has 134 valence electrons. The molecule has 0 fully saturated rings. The molecular weight excluding hydrogens is 362 g/mol. The molecule has 3 aromatic rings. The van der Waals surface area contributed by atoms with Gasteiger partial charge in [0, 0.05) is 11.8 Å². The number of fused-ring (bicyclic) bond motifs is 1. The zero-order valence-corrected chi connectivity index (χ0v) is 15.1. The van der Waals surface area contributed by atoms with Crippen LogP contribution in [-0.4, -0.2) is 26.6 Å². The van der Waals surface area contributed by atoms with Gasteiger partial charge in [-0.05, 0) is 29.8 Å². The molecule has 0 saturated carbocycles. The predicted octanol–water partition coefficient (Wildman–Crippen LogP) is 3.21. The SMILES string of the molecule is N#Cc1ccc(-c2cncc3c2OCCN3S(=O)(=O)c2ccccc2)cc1. The Hall–Kier alpha value is -3.37. The van der Waals surface area contributed by atoms with Crippen LogP contribution in [0.3, 0.4) is 0 Å². The van der Waals surface area contributed by atoms with Gasteiger partial charge >= 0.3 is 0 Å². The summed E-state index contributed by atoms with van der Waals surface area (Å²) in [6, 6.07) is 17.4. The van der Waals surface area contributed by atoms with E-state index in [0.29, 0.717) is 22.6 Å². The van der Waals surface area contributed by atoms with Gasteiger partial charge in [0.25, 0.3) is 10.0 Å². The average molecular weight is 377 g/mol. The predicted molar refractivity (Wildman–Crippen MR) is 101 cm³/mol. The Balaban J connectivity index is 1.81. The van der Waals surface area contributed by atoms with E-state index in [2.05, 4.69) is 11.1 Å². The molecule has 1 aliphatic heterocycles. The lowest BCUT2D eigenvalue weighted by molar-refractivity contribution is 0.316. The number of sulfonamides is 1. The minimum Gasteiger partial charge on any atom is -0.489 e. The standard InChI is InChI=1S/C20H15N3O3S/c21-12-15-6-8-16(9-7-15)18-13-22-14-19-20(18)26-11-10-23(19)27(24,25)17-4-2-1-3-5-17/h1-9,13-14H,10-11H2. The van der Waals surface area contributed by atoms with Crippen LogP contribution < -0.4 is 9.04 Å². The molecule has 0 bridgehead atoms. The van der Waals surface area contributed by atoms with Crippen molar-refractivity contribution in [2.45, 2.75) is 4.90 Å². The number of anilines is 1. The third kappa shape index (κ3) is 3.00. The van der Waals surface area contributed by atoms with Crippen molar-refractivity contribution in [2.24, 2.45) is 0 Å². The molecule has 2 heterocycles. The summed E-state index contributed by atoms with van der Waals surface area (Å²) in [5.41, 5.74) is 2.44. The summed E-state index contributed by atoms with van der Waals surface area (Å²) in [5.74, 6) is 0.473. The first-order valence-corrected chi connectivity index (χ1v) is 9.74. The van der Waals surface area contributed by atoms with Crippen LogP contribution in [-0.2, 0) is 10.0 Å². The highest BCUT2D eigenvalue weighted by molar-refractivity contribution is 7.92. The van der Waals surface area contributed by atoms with Crippen LogP contribution in [0.25, 0.3) is 11.1 Å². The first-order chi connectivity index (χ1) is 13.1. The Bertz CT molecular complexity index is 1120. The maximum atomic E-state index is 13.1. The lowest BCUT2D eigenvalue weighted by atomic mass is 10.0. The number of pyridine rings is 1. The van der Waals surface area contributed by atoms with Crippen molar-refractivity contribution in [1.82, 2.24) is 4.98 Å². The van der Waals surface area contributed by atoms with Gasteiger partial charge < -0.3 is 4.74 Å². The second-order valence-corrected chi connectivity index (χ2v) is 7.83. The first-order valence-electron chi connectivity index (χ1n) is 8.30. The number of rotatable bonds is 3. The fourth-order valence-electron chi connectivity index (χ4n) is 3.02. The fraction of sp³-hybridized carbons (Fsp3) is 0.100. The zero-order chi connectivity index (χ0) is 18.9. The van der Waals surface area contributed by atoms with Gasteiger partial charge in [-0.25, -0.2) is 8.42 Å². The minimum absolute atomic E-state index is 0.211. The molecule has 4 rings (SSSR count). The summed E-state index contributed by atoms with van der Waals surface area (Å²) >= 11 is 0. The number of hydrogen-bond donors (Lipinski definition) is 0. The van der Waals surface area contributed by atoms with E-state index in [1.165, 1.54) is 10.5 Å². The Morgan fingerprint density at radius 2 is 1.78 bits per heavy atom. The van der Waals surface area contributed by atoms with Crippen LogP contribution in [0.4, 0.5) is 5.69 Å². The number of benzene rings is 2. The van der Waals surface area contributed by atoms with Gasteiger partial charge in [0.2, 0.25) is 0 Å². The smallest absolute Gasteiger partial charge is 0.264 e. The van der Waals surface area contributed by atoms with Crippen molar-refractivity contribution in [3.63, 3.8) is 0 Å². The maximum absolute atomic E-state index is 13.1. The van der Waals surface area contributed by atoms with Crippen LogP contribution in [0.15, 0.2) is 71.9 Å². The van der Waals surface area contributed by atoms with Crippen molar-refractivity contribution in [3.05, 3.63) is 72.6 Å². The van der Waals surface area contributed by atoms with Gasteiger partial charge in [-0.15, -0.1) is 0 Å². The molecule has 0 saturated heterocycles. The lowest BCUT2D eigenvalue weighted by Gasteiger charge is -2.31. The van der Waals surface area contributed by atoms with Crippen LogP contribution in [0.2, 0.25) is 0 Å². The molecule has 27 heavy (non-hydrogen) atoms. The Morgan fingerprint density at radius 1 is 1.04 bits per heavy atom. The topological polar surface area (TPSA) is 83.3 Å². The molecular formula is C20H15N3O3S. The molecule has 0 amide bonds. The molecule has 0 atom stereocenters. The molecule has 2 aromatic carbocycles. The van der Waals surface area contributed by atoms with Gasteiger partial charge in [-0.3, -0.25) is 9.29 Å². The van der Waals surface area contributed by atoms with E-state index in [4.69, 9.17) is 10.00 Å². The van der Waals surface area contributed by atoms with Crippen molar-refractivity contribution < 1.29 is 13.2 Å². The largest absolute Gasteiger partial charge is 0.489 e. The molecule has 0 spiro atoms. The molecule has 0 aliphatic carbocycles. The second kappa shape index (κ2) is 6.74. The number of ether oxygens (including phenoxy) is 1. The number of aromatic nitrogens is 1. The highest BCUT2D eigenvalue weighted by Gasteiger charge is 2.31. The maximum Gasteiger partial charge on any atom is 0.264 e. The van der Waals surface area contributed by atoms with Crippen molar-refractivity contribution in [3.8, 4) is 22.9 Å². The van der Waals surface area contributed by atoms with Gasteiger partial charge in [-0.2, -0.15) is 5.26 Å². The quantitative estimate of drug-likeness (QED) is 0.700. The summed E-state index contributed by atoms with van der Waals surface area (Å²) in [5, 5.41) is 8.96. The van der Waals surface area contributed by atoms with Gasteiger partial charge in [0.1, 0.15) is 12.3 Å². The highest BCUT2D eigenvalue weighted by Crippen LogP contribution is 2.41. The van der Waals surface area contributed by atoms with Crippen molar-refractivity contribution in [2.75, 3.05) is 17.5 Å². The van der Waals surface area contributed by atoms with Crippen molar-refractivity contribution in [1.29, 1.82) is 5.26 Å². The Kier molecular flexibility index (Phi) is 4.26. The lowest BCUT2D eigenvalue weighted by Crippen LogP contribution is -2.38. The van der Waals surface area contributed by atoms with E-state index in [-0.39, 0.29) is 18.0 Å². The third-order valence-corrected chi connectivity index (χ3v) is 6.17. The van der Waals surface area contributed by atoms with E-state index in [1.54, 1.807) is 60.8 Å². The Morgan fingerprint density at radius 3 is 2.48 bits per heavy atom. The molecule has 6 nitrogen and oxygen atoms in total. The van der Waals surface area contributed by atoms with E-state index in [0.717, 1.165) is 5.56 Å². The number of nitriles is 1. The van der Waals surface area contributed by atoms with E-state index < -0.39 is 10.0 Å². The molecule has 0 unspecified atom stereocenters. The van der Waals surface area contributed by atoms with Crippen LogP contribution >= 0.6 is 0 Å². The highest BCUT2D eigenvalue weighted by atomic mass is 32.2. The van der Waals surface area contributed by atoms with E-state index in [1.807, 2.05) is 0 Å². The average Bonchev–Trinajstić information content (AvgIpc) is 2.73. The first kappa shape index (κ1) is 17.1. The second-order valence-electron chi connectivity index (χ2n) is 5.96. The summed E-state index contributed by atoms with van der Waals surface area (Å²) in [4.78, 5) is 4.45. The summed E-state index contributed by atoms with van der Waals surface area (Å²) in [6.45, 7) is 0.453. The van der Waals surface area contributed by atoms with Gasteiger partial charge in [0.15, 0.2) is 5.75 Å². The summed E-state index contributed by atoms with van der Waals surface area (Å²) in [6.07, 6.45) is 3.14. The van der Waals surface area contributed by atoms with E-state index in [9.17, 15) is 8.42 Å². The summed E-state index contributed by atoms with van der Waals surface area (Å²) < 4.78 is 33.3. The number of hydrogen-bond acceptors (Lipinski definition) is 5. The molecule has 0 N–H and O–H groups in total. The third-order valence-electron chi connectivity index (χ3n) is 4.34. The summed E-state index contributed by atoms with van der Waals surface area (Å²) in [7, 11) is -3.71. The molecule has 1 aliphatic rings. The van der Waals surface area contributed by atoms with Crippen LogP contribution in [0.1, 0.15) is 5.56 Å². The van der Waals surface area contributed by atoms with Gasteiger partial charge in [-0.1, -0.05) is 30.3 Å². The minimum atomic E-state index is -3.71. The zero-order valence-electron chi connectivity index (χ0n) is 14.2. The van der Waals surface area contributed by atoms with Gasteiger partial charge in [0.05, 0.1) is 29.3 Å². The van der Waals surface area contributed by atoms with Crippen LogP contribution in [0.5, 0.6) is 5.75 Å². The number of nitrogens with zero attached hydrogens (tertiary/aromatic N) is 3. The van der Waals surface area contributed by atoms with Crippen molar-refractivity contribution >= 4 is 15.7 Å². The van der Waals surface area contributed by atoms with Crippen LogP contribution in [0, 0.1) is 11.3 Å². The fourth-order valence-corrected chi connectivity index (χ4v) is 4.48. The molecule has 7 heteroatoms. The molecule has 1 aromatic heterocycles. The monoisotopic (exact) mass is 377 g/mol. The molecule has 0 radical (unpaired) electrons. The van der Waals surface area contributed by atoms with E-state index >= 15 is 0 Å². The normalized spacial score (nSPS) is 13.4. The Labute approximate surface area is 157 Å².